The molecule has 32 heavy (non-hydrogen) atoms. The quantitative estimate of drug-likeness (QED) is 0.273. The van der Waals surface area contributed by atoms with Gasteiger partial charge in [0.15, 0.2) is 5.96 Å². The van der Waals surface area contributed by atoms with E-state index >= 15 is 0 Å². The molecule has 1 aliphatic heterocycles. The fourth-order valence-electron chi connectivity index (χ4n) is 3.45. The molecule has 1 aliphatic rings. The maximum Gasteiger partial charge on any atom is 0.220 e. The molecule has 10 nitrogen and oxygen atoms in total. The molecule has 0 atom stereocenters. The number of hydrogen-bond donors (Lipinski definition) is 1. The van der Waals surface area contributed by atoms with E-state index in [4.69, 9.17) is 4.52 Å². The molecule has 2 aromatic heterocycles. The van der Waals surface area contributed by atoms with Gasteiger partial charge in [-0.25, -0.2) is 13.1 Å². The molecule has 0 amide bonds. The Morgan fingerprint density at radius 2 is 1.91 bits per heavy atom. The maximum atomic E-state index is 12.6. The van der Waals surface area contributed by atoms with Crippen molar-refractivity contribution < 1.29 is 12.9 Å². The van der Waals surface area contributed by atoms with Crippen LogP contribution in [0.4, 0.5) is 0 Å². The lowest BCUT2D eigenvalue weighted by Gasteiger charge is -2.35. The van der Waals surface area contributed by atoms with Gasteiger partial charge in [-0.05, 0) is 12.1 Å². The van der Waals surface area contributed by atoms with Gasteiger partial charge in [0.2, 0.25) is 10.0 Å². The molecule has 0 unspecified atom stereocenters. The van der Waals surface area contributed by atoms with Crippen LogP contribution in [0.5, 0.6) is 0 Å². The minimum atomic E-state index is -3.43. The molecule has 0 spiro atoms. The standard InChI is InChI=1S/C20H25N7O3S.HI/c1-21-20(22-13-17-14-23-27(15-17)19-5-3-2-4-6-19)25-8-10-26(11-9-25)31(28,29)16-18-7-12-30-24-18;/h2-7,12,14-15H,8-11,13,16H2,1H3,(H,21,22);1H. The van der Waals surface area contributed by atoms with E-state index in [9.17, 15) is 8.42 Å². The van der Waals surface area contributed by atoms with Crippen molar-refractivity contribution in [3.63, 3.8) is 0 Å². The summed E-state index contributed by atoms with van der Waals surface area (Å²) in [5.74, 6) is 0.586. The largest absolute Gasteiger partial charge is 0.364 e. The smallest absolute Gasteiger partial charge is 0.220 e. The minimum Gasteiger partial charge on any atom is -0.364 e. The van der Waals surface area contributed by atoms with Crippen LogP contribution in [0.25, 0.3) is 5.69 Å². The van der Waals surface area contributed by atoms with E-state index in [0.717, 1.165) is 17.2 Å². The van der Waals surface area contributed by atoms with E-state index in [0.29, 0.717) is 38.4 Å². The van der Waals surface area contributed by atoms with Crippen molar-refractivity contribution in [2.75, 3.05) is 33.2 Å². The van der Waals surface area contributed by atoms with Crippen LogP contribution in [0, 0.1) is 0 Å². The van der Waals surface area contributed by atoms with Gasteiger partial charge in [0.05, 0.1) is 17.6 Å². The number of halogens is 1. The number of benzene rings is 1. The second-order valence-corrected chi connectivity index (χ2v) is 9.13. The molecule has 0 radical (unpaired) electrons. The number of piperazine rings is 1. The molecular formula is C20H26IN7O3S. The van der Waals surface area contributed by atoms with Gasteiger partial charge in [0.25, 0.3) is 0 Å². The van der Waals surface area contributed by atoms with Gasteiger partial charge < -0.3 is 14.7 Å². The van der Waals surface area contributed by atoms with E-state index in [1.807, 2.05) is 47.4 Å². The number of aliphatic imine (C=N–C) groups is 1. The number of para-hydroxylation sites is 1. The first-order valence-corrected chi connectivity index (χ1v) is 11.6. The second-order valence-electron chi connectivity index (χ2n) is 7.16. The van der Waals surface area contributed by atoms with Crippen molar-refractivity contribution >= 4 is 40.0 Å². The Kier molecular flexibility index (Phi) is 8.26. The number of nitrogens with zero attached hydrogens (tertiary/aromatic N) is 6. The van der Waals surface area contributed by atoms with Crippen LogP contribution in [0.2, 0.25) is 0 Å². The topological polar surface area (TPSA) is 109 Å². The van der Waals surface area contributed by atoms with Crippen molar-refractivity contribution in [2.45, 2.75) is 12.3 Å². The lowest BCUT2D eigenvalue weighted by Crippen LogP contribution is -2.53. The highest BCUT2D eigenvalue weighted by Crippen LogP contribution is 2.13. The number of rotatable bonds is 6. The van der Waals surface area contributed by atoms with Crippen LogP contribution in [0.3, 0.4) is 0 Å². The van der Waals surface area contributed by atoms with Crippen LogP contribution in [-0.4, -0.2) is 71.7 Å². The van der Waals surface area contributed by atoms with Crippen LogP contribution < -0.4 is 5.32 Å². The average molecular weight is 571 g/mol. The molecule has 3 aromatic rings. The summed E-state index contributed by atoms with van der Waals surface area (Å²) < 4.78 is 33.3. The highest BCUT2D eigenvalue weighted by atomic mass is 127. The Bertz CT molecular complexity index is 1110. The van der Waals surface area contributed by atoms with Crippen LogP contribution in [-0.2, 0) is 22.3 Å². The molecule has 1 saturated heterocycles. The number of nitrogens with one attached hydrogen (secondary N) is 1. The molecule has 12 heteroatoms. The molecular weight excluding hydrogens is 545 g/mol. The van der Waals surface area contributed by atoms with Gasteiger partial charge in [-0.1, -0.05) is 23.4 Å². The van der Waals surface area contributed by atoms with E-state index in [2.05, 4.69) is 25.5 Å². The van der Waals surface area contributed by atoms with Gasteiger partial charge >= 0.3 is 0 Å². The predicted octanol–water partition coefficient (Wildman–Crippen LogP) is 1.70. The lowest BCUT2D eigenvalue weighted by atomic mass is 10.3. The first-order chi connectivity index (χ1) is 15.0. The summed E-state index contributed by atoms with van der Waals surface area (Å²) in [7, 11) is -1.70. The van der Waals surface area contributed by atoms with E-state index in [-0.39, 0.29) is 29.7 Å². The molecule has 1 N–H and O–H groups in total. The third-order valence-corrected chi connectivity index (χ3v) is 6.88. The first kappa shape index (κ1) is 24.2. The highest BCUT2D eigenvalue weighted by Gasteiger charge is 2.29. The summed E-state index contributed by atoms with van der Waals surface area (Å²) in [6.45, 7) is 2.48. The normalized spacial score (nSPS) is 15.4. The highest BCUT2D eigenvalue weighted by molar-refractivity contribution is 14.0. The Morgan fingerprint density at radius 3 is 2.56 bits per heavy atom. The molecule has 3 heterocycles. The van der Waals surface area contributed by atoms with Gasteiger partial charge in [-0.3, -0.25) is 4.99 Å². The van der Waals surface area contributed by atoms with E-state index in [1.165, 1.54) is 10.6 Å². The zero-order valence-electron chi connectivity index (χ0n) is 17.7. The Hall–Kier alpha value is -2.45. The van der Waals surface area contributed by atoms with Gasteiger partial charge in [-0.15, -0.1) is 24.0 Å². The number of sulfonamides is 1. The summed E-state index contributed by atoms with van der Waals surface area (Å²) in [6, 6.07) is 11.5. The van der Waals surface area contributed by atoms with Crippen LogP contribution >= 0.6 is 24.0 Å². The van der Waals surface area contributed by atoms with Crippen molar-refractivity contribution in [2.24, 2.45) is 4.99 Å². The van der Waals surface area contributed by atoms with Gasteiger partial charge in [0.1, 0.15) is 12.0 Å². The Balaban J connectivity index is 0.00000289. The zero-order chi connectivity index (χ0) is 21.7. The number of guanidine groups is 1. The second kappa shape index (κ2) is 10.9. The molecule has 0 aliphatic carbocycles. The lowest BCUT2D eigenvalue weighted by molar-refractivity contribution is 0.259. The number of hydrogen-bond acceptors (Lipinski definition) is 6. The van der Waals surface area contributed by atoms with E-state index < -0.39 is 10.0 Å². The Labute approximate surface area is 204 Å². The molecule has 0 saturated carbocycles. The molecule has 1 fully saturated rings. The monoisotopic (exact) mass is 571 g/mol. The van der Waals surface area contributed by atoms with E-state index in [1.54, 1.807) is 13.1 Å². The summed E-state index contributed by atoms with van der Waals surface area (Å²) in [4.78, 5) is 6.41. The summed E-state index contributed by atoms with van der Waals surface area (Å²) in [5, 5.41) is 11.5. The third kappa shape index (κ3) is 5.86. The average Bonchev–Trinajstić information content (AvgIpc) is 3.47. The summed E-state index contributed by atoms with van der Waals surface area (Å²) in [6.07, 6.45) is 5.17. The molecule has 4 rings (SSSR count). The fraction of sp³-hybridized carbons (Fsp3) is 0.350. The van der Waals surface area contributed by atoms with Gasteiger partial charge in [0, 0.05) is 57.6 Å². The first-order valence-electron chi connectivity index (χ1n) is 9.97. The Morgan fingerprint density at radius 1 is 1.16 bits per heavy atom. The molecule has 0 bridgehead atoms. The predicted molar refractivity (Wildman–Crippen MR) is 131 cm³/mol. The van der Waals surface area contributed by atoms with Crippen molar-refractivity contribution in [1.82, 2.24) is 29.5 Å². The van der Waals surface area contributed by atoms with Crippen molar-refractivity contribution in [3.8, 4) is 5.69 Å². The minimum absolute atomic E-state index is 0. The van der Waals surface area contributed by atoms with Crippen molar-refractivity contribution in [1.29, 1.82) is 0 Å². The zero-order valence-corrected chi connectivity index (χ0v) is 20.8. The third-order valence-electron chi connectivity index (χ3n) is 5.07. The van der Waals surface area contributed by atoms with Crippen molar-refractivity contribution in [3.05, 3.63) is 66.3 Å². The SMILES string of the molecule is CN=C(NCc1cnn(-c2ccccc2)c1)N1CCN(S(=O)(=O)Cc2ccon2)CC1.I. The molecule has 1 aromatic carbocycles. The number of aromatic nitrogens is 3. The summed E-state index contributed by atoms with van der Waals surface area (Å²) in [5.41, 5.74) is 2.44. The van der Waals surface area contributed by atoms with Crippen LogP contribution in [0.15, 0.2) is 64.6 Å². The van der Waals surface area contributed by atoms with Gasteiger partial charge in [-0.2, -0.15) is 9.40 Å². The fourth-order valence-corrected chi connectivity index (χ4v) is 4.88. The molecule has 172 valence electrons. The van der Waals surface area contributed by atoms with Crippen LogP contribution in [0.1, 0.15) is 11.3 Å². The maximum absolute atomic E-state index is 12.6. The summed E-state index contributed by atoms with van der Waals surface area (Å²) >= 11 is 0.